The molecule has 118 valence electrons. The fourth-order valence-corrected chi connectivity index (χ4v) is 2.56. The molecule has 2 N–H and O–H groups in total. The molecule has 2 aromatic carbocycles. The van der Waals surface area contributed by atoms with Gasteiger partial charge in [0.1, 0.15) is 11.6 Å². The molecule has 0 spiro atoms. The number of aromatic nitrogens is 1. The summed E-state index contributed by atoms with van der Waals surface area (Å²) in [7, 11) is 0. The molecular weight excluding hydrogens is 298 g/mol. The van der Waals surface area contributed by atoms with Crippen molar-refractivity contribution in [2.45, 2.75) is 19.3 Å². The van der Waals surface area contributed by atoms with Crippen molar-refractivity contribution in [2.24, 2.45) is 0 Å². The van der Waals surface area contributed by atoms with Gasteiger partial charge < -0.3 is 10.3 Å². The van der Waals surface area contributed by atoms with E-state index in [1.165, 1.54) is 36.4 Å². The van der Waals surface area contributed by atoms with E-state index in [1.54, 1.807) is 26.1 Å². The first kappa shape index (κ1) is 15.2. The van der Waals surface area contributed by atoms with Crippen LogP contribution in [0.1, 0.15) is 19.4 Å². The summed E-state index contributed by atoms with van der Waals surface area (Å²) in [5, 5.41) is 3.58. The lowest BCUT2D eigenvalue weighted by atomic mass is 9.83. The number of aromatic amines is 1. The summed E-state index contributed by atoms with van der Waals surface area (Å²) in [5.74, 6) is -0.922. The molecule has 0 saturated carbocycles. The van der Waals surface area contributed by atoms with E-state index in [1.807, 2.05) is 0 Å². The zero-order chi connectivity index (χ0) is 16.6. The zero-order valence-electron chi connectivity index (χ0n) is 12.8. The minimum Gasteiger partial charge on any atom is -0.361 e. The average Bonchev–Trinajstić information content (AvgIpc) is 2.93. The van der Waals surface area contributed by atoms with Crippen LogP contribution < -0.4 is 5.32 Å². The molecule has 0 radical (unpaired) electrons. The third kappa shape index (κ3) is 2.82. The Kier molecular flexibility index (Phi) is 3.64. The van der Waals surface area contributed by atoms with Gasteiger partial charge in [0, 0.05) is 22.8 Å². The van der Waals surface area contributed by atoms with Crippen LogP contribution in [0.3, 0.4) is 0 Å². The Bertz CT molecular complexity index is 866. The quantitative estimate of drug-likeness (QED) is 0.741. The molecule has 1 amide bonds. The van der Waals surface area contributed by atoms with Crippen LogP contribution in [0, 0.1) is 11.6 Å². The summed E-state index contributed by atoms with van der Waals surface area (Å²) in [5.41, 5.74) is 1.09. The van der Waals surface area contributed by atoms with Crippen molar-refractivity contribution < 1.29 is 13.6 Å². The van der Waals surface area contributed by atoms with Crippen molar-refractivity contribution in [3.05, 3.63) is 65.9 Å². The van der Waals surface area contributed by atoms with Crippen LogP contribution >= 0.6 is 0 Å². The summed E-state index contributed by atoms with van der Waals surface area (Å²) in [6.45, 7) is 3.58. The Balaban J connectivity index is 1.92. The average molecular weight is 314 g/mol. The molecule has 0 aliphatic heterocycles. The first-order valence-corrected chi connectivity index (χ1v) is 7.22. The number of H-pyrrole nitrogens is 1. The number of hydrogen-bond acceptors (Lipinski definition) is 1. The van der Waals surface area contributed by atoms with Gasteiger partial charge in [0.25, 0.3) is 0 Å². The molecule has 0 fully saturated rings. The van der Waals surface area contributed by atoms with Gasteiger partial charge in [-0.25, -0.2) is 8.78 Å². The van der Waals surface area contributed by atoms with Crippen LogP contribution in [0.25, 0.3) is 10.9 Å². The second kappa shape index (κ2) is 5.50. The van der Waals surface area contributed by atoms with Gasteiger partial charge in [0.15, 0.2) is 0 Å². The zero-order valence-corrected chi connectivity index (χ0v) is 12.8. The first-order valence-electron chi connectivity index (χ1n) is 7.22. The highest BCUT2D eigenvalue weighted by Crippen LogP contribution is 2.32. The molecule has 0 aliphatic carbocycles. The van der Waals surface area contributed by atoms with Gasteiger partial charge in [-0.3, -0.25) is 4.79 Å². The molecule has 0 saturated heterocycles. The Labute approximate surface area is 132 Å². The SMILES string of the molecule is CC(C)(C(=O)Nc1ccc(F)cc1)c1c[nH]c2cc(F)ccc12. The Morgan fingerprint density at radius 1 is 1.04 bits per heavy atom. The maximum absolute atomic E-state index is 13.3. The van der Waals surface area contributed by atoms with Crippen LogP contribution in [0.5, 0.6) is 0 Å². The molecule has 3 nitrogen and oxygen atoms in total. The Morgan fingerprint density at radius 3 is 2.39 bits per heavy atom. The van der Waals surface area contributed by atoms with Gasteiger partial charge >= 0.3 is 0 Å². The topological polar surface area (TPSA) is 44.9 Å². The van der Waals surface area contributed by atoms with Gasteiger partial charge in [-0.2, -0.15) is 0 Å². The molecule has 5 heteroatoms. The molecule has 1 aromatic heterocycles. The molecule has 1 heterocycles. The number of hydrogen-bond donors (Lipinski definition) is 2. The molecule has 0 atom stereocenters. The third-order valence-electron chi connectivity index (χ3n) is 3.99. The van der Waals surface area contributed by atoms with Crippen molar-refractivity contribution >= 4 is 22.5 Å². The van der Waals surface area contributed by atoms with Crippen LogP contribution in [0.4, 0.5) is 14.5 Å². The predicted octanol–water partition coefficient (Wildman–Crippen LogP) is 4.36. The largest absolute Gasteiger partial charge is 0.361 e. The van der Waals surface area contributed by atoms with Crippen LogP contribution in [0.15, 0.2) is 48.7 Å². The van der Waals surface area contributed by atoms with Crippen LogP contribution in [-0.2, 0) is 10.2 Å². The maximum atomic E-state index is 13.3. The fourth-order valence-electron chi connectivity index (χ4n) is 2.56. The number of carbonyl (C=O) groups excluding carboxylic acids is 1. The van der Waals surface area contributed by atoms with E-state index >= 15 is 0 Å². The first-order chi connectivity index (χ1) is 10.9. The van der Waals surface area contributed by atoms with Gasteiger partial charge in [-0.15, -0.1) is 0 Å². The van der Waals surface area contributed by atoms with Crippen LogP contribution in [-0.4, -0.2) is 10.9 Å². The number of anilines is 1. The van der Waals surface area contributed by atoms with E-state index in [9.17, 15) is 13.6 Å². The highest BCUT2D eigenvalue weighted by Gasteiger charge is 2.32. The van der Waals surface area contributed by atoms with Gasteiger partial charge in [-0.05, 0) is 61.9 Å². The maximum Gasteiger partial charge on any atom is 0.234 e. The van der Waals surface area contributed by atoms with Crippen molar-refractivity contribution in [1.29, 1.82) is 0 Å². The number of benzene rings is 2. The second-order valence-electron chi connectivity index (χ2n) is 5.98. The summed E-state index contributed by atoms with van der Waals surface area (Å²) in [6.07, 6.45) is 1.72. The number of nitrogens with one attached hydrogen (secondary N) is 2. The summed E-state index contributed by atoms with van der Waals surface area (Å²) < 4.78 is 26.2. The molecule has 3 aromatic rings. The van der Waals surface area contributed by atoms with E-state index < -0.39 is 5.41 Å². The van der Waals surface area contributed by atoms with Crippen molar-refractivity contribution in [3.63, 3.8) is 0 Å². The highest BCUT2D eigenvalue weighted by atomic mass is 19.1. The van der Waals surface area contributed by atoms with E-state index in [2.05, 4.69) is 10.3 Å². The number of fused-ring (bicyclic) bond motifs is 1. The number of rotatable bonds is 3. The van der Waals surface area contributed by atoms with Crippen molar-refractivity contribution in [2.75, 3.05) is 5.32 Å². The van der Waals surface area contributed by atoms with Crippen molar-refractivity contribution in [1.82, 2.24) is 4.98 Å². The summed E-state index contributed by atoms with van der Waals surface area (Å²) >= 11 is 0. The molecular formula is C18H16F2N2O. The summed E-state index contributed by atoms with van der Waals surface area (Å²) in [6, 6.07) is 10.0. The van der Waals surface area contributed by atoms with Crippen molar-refractivity contribution in [3.8, 4) is 0 Å². The van der Waals surface area contributed by atoms with Gasteiger partial charge in [0.05, 0.1) is 5.41 Å². The predicted molar refractivity (Wildman–Crippen MR) is 86.3 cm³/mol. The summed E-state index contributed by atoms with van der Waals surface area (Å²) in [4.78, 5) is 15.6. The second-order valence-corrected chi connectivity index (χ2v) is 5.98. The van der Waals surface area contributed by atoms with E-state index in [4.69, 9.17) is 0 Å². The van der Waals surface area contributed by atoms with Gasteiger partial charge in [-0.1, -0.05) is 0 Å². The number of amides is 1. The number of carbonyl (C=O) groups is 1. The van der Waals surface area contributed by atoms with E-state index in [0.29, 0.717) is 11.2 Å². The molecule has 0 aliphatic rings. The van der Waals surface area contributed by atoms with E-state index in [-0.39, 0.29) is 17.5 Å². The van der Waals surface area contributed by atoms with Crippen LogP contribution in [0.2, 0.25) is 0 Å². The lowest BCUT2D eigenvalue weighted by Gasteiger charge is -2.23. The molecule has 0 unspecified atom stereocenters. The number of halogens is 2. The molecule has 3 rings (SSSR count). The van der Waals surface area contributed by atoms with Gasteiger partial charge in [0.2, 0.25) is 5.91 Å². The lowest BCUT2D eigenvalue weighted by Crippen LogP contribution is -2.34. The van der Waals surface area contributed by atoms with E-state index in [0.717, 1.165) is 10.9 Å². The minimum absolute atomic E-state index is 0.227. The Hall–Kier alpha value is -2.69. The highest BCUT2D eigenvalue weighted by molar-refractivity contribution is 6.01. The fraction of sp³-hybridized carbons (Fsp3) is 0.167. The standard InChI is InChI=1S/C18H16F2N2O/c1-18(2,17(23)22-13-6-3-11(19)4-7-13)15-10-21-16-9-12(20)5-8-14(15)16/h3-10,21H,1-2H3,(H,22,23). The normalized spacial score (nSPS) is 11.7. The lowest BCUT2D eigenvalue weighted by molar-refractivity contribution is -0.120. The monoisotopic (exact) mass is 314 g/mol. The smallest absolute Gasteiger partial charge is 0.234 e. The third-order valence-corrected chi connectivity index (χ3v) is 3.99. The molecule has 0 bridgehead atoms. The Morgan fingerprint density at radius 2 is 1.70 bits per heavy atom. The minimum atomic E-state index is -0.843. The molecule has 23 heavy (non-hydrogen) atoms.